The van der Waals surface area contributed by atoms with Crippen molar-refractivity contribution >= 4 is 0 Å². The molecule has 1 saturated heterocycles. The molecule has 2 nitrogen and oxygen atoms in total. The topological polar surface area (TPSA) is 21.3 Å². The van der Waals surface area contributed by atoms with Gasteiger partial charge in [-0.1, -0.05) is 26.0 Å². The van der Waals surface area contributed by atoms with E-state index >= 15 is 0 Å². The van der Waals surface area contributed by atoms with E-state index in [0.717, 1.165) is 25.4 Å². The van der Waals surface area contributed by atoms with Gasteiger partial charge < -0.3 is 10.1 Å². The predicted molar refractivity (Wildman–Crippen MR) is 67.0 cm³/mol. The molecule has 1 N–H and O–H groups in total. The second-order valence-electron chi connectivity index (χ2n) is 5.18. The highest BCUT2D eigenvalue weighted by Gasteiger charge is 2.35. The van der Waals surface area contributed by atoms with E-state index in [4.69, 9.17) is 4.74 Å². The van der Waals surface area contributed by atoms with Crippen LogP contribution in [0.4, 0.5) is 0 Å². The van der Waals surface area contributed by atoms with Gasteiger partial charge >= 0.3 is 0 Å². The zero-order valence-electron chi connectivity index (χ0n) is 10.4. The molecule has 16 heavy (non-hydrogen) atoms. The van der Waals surface area contributed by atoms with Crippen LogP contribution >= 0.6 is 0 Å². The van der Waals surface area contributed by atoms with Gasteiger partial charge in [0.05, 0.1) is 6.61 Å². The highest BCUT2D eigenvalue weighted by atomic mass is 16.5. The van der Waals surface area contributed by atoms with Crippen LogP contribution in [0.15, 0.2) is 24.3 Å². The van der Waals surface area contributed by atoms with Crippen LogP contribution < -0.4 is 10.1 Å². The predicted octanol–water partition coefficient (Wildman–Crippen LogP) is 2.80. The van der Waals surface area contributed by atoms with Gasteiger partial charge in [0.1, 0.15) is 5.75 Å². The number of benzene rings is 1. The molecule has 1 aromatic carbocycles. The van der Waals surface area contributed by atoms with Gasteiger partial charge in [0.2, 0.25) is 0 Å². The molecular formula is C14H21NO. The maximum absolute atomic E-state index is 5.55. The van der Waals surface area contributed by atoms with Crippen molar-refractivity contribution in [1.29, 1.82) is 0 Å². The van der Waals surface area contributed by atoms with Crippen LogP contribution in [0.25, 0.3) is 0 Å². The molecule has 1 atom stereocenters. The summed E-state index contributed by atoms with van der Waals surface area (Å²) in [6, 6.07) is 8.52. The van der Waals surface area contributed by atoms with Gasteiger partial charge in [-0.3, -0.25) is 0 Å². The molecule has 1 unspecified atom stereocenters. The Bertz CT molecular complexity index is 360. The molecule has 0 aromatic heterocycles. The minimum absolute atomic E-state index is 0.338. The Balaban J connectivity index is 2.23. The van der Waals surface area contributed by atoms with Crippen molar-refractivity contribution in [2.75, 3.05) is 19.7 Å². The summed E-state index contributed by atoms with van der Waals surface area (Å²) in [6.07, 6.45) is 0. The van der Waals surface area contributed by atoms with E-state index in [2.05, 4.69) is 37.4 Å². The van der Waals surface area contributed by atoms with Crippen LogP contribution in [-0.2, 0) is 0 Å². The first kappa shape index (κ1) is 11.5. The van der Waals surface area contributed by atoms with Gasteiger partial charge in [-0.05, 0) is 30.0 Å². The molecule has 0 saturated carbocycles. The van der Waals surface area contributed by atoms with Gasteiger partial charge in [0.15, 0.2) is 0 Å². The van der Waals surface area contributed by atoms with E-state index in [9.17, 15) is 0 Å². The van der Waals surface area contributed by atoms with Crippen molar-refractivity contribution in [3.8, 4) is 5.75 Å². The summed E-state index contributed by atoms with van der Waals surface area (Å²) < 4.78 is 5.55. The third kappa shape index (κ3) is 2.22. The number of nitrogens with one attached hydrogen (secondary N) is 1. The van der Waals surface area contributed by atoms with Crippen molar-refractivity contribution in [2.45, 2.75) is 26.7 Å². The average molecular weight is 219 g/mol. The third-order valence-corrected chi connectivity index (χ3v) is 3.44. The first-order valence-electron chi connectivity index (χ1n) is 6.07. The Morgan fingerprint density at radius 2 is 2.25 bits per heavy atom. The molecule has 1 aromatic rings. The van der Waals surface area contributed by atoms with Gasteiger partial charge in [-0.15, -0.1) is 0 Å². The normalized spacial score (nSPS) is 23.3. The summed E-state index contributed by atoms with van der Waals surface area (Å²) in [6.45, 7) is 9.57. The third-order valence-electron chi connectivity index (χ3n) is 3.44. The molecule has 0 radical (unpaired) electrons. The monoisotopic (exact) mass is 219 g/mol. The molecule has 0 spiro atoms. The highest BCUT2D eigenvalue weighted by molar-refractivity contribution is 5.33. The summed E-state index contributed by atoms with van der Waals surface area (Å²) in [7, 11) is 0. The molecule has 0 aliphatic carbocycles. The molecule has 1 aliphatic heterocycles. The lowest BCUT2D eigenvalue weighted by Gasteiger charge is -2.26. The number of ether oxygens (including phenoxy) is 1. The van der Waals surface area contributed by atoms with Crippen LogP contribution in [0, 0.1) is 5.41 Å². The number of hydrogen-bond acceptors (Lipinski definition) is 2. The first-order chi connectivity index (χ1) is 7.63. The highest BCUT2D eigenvalue weighted by Crippen LogP contribution is 2.39. The molecule has 88 valence electrons. The molecule has 2 heteroatoms. The Morgan fingerprint density at radius 3 is 2.88 bits per heavy atom. The second-order valence-corrected chi connectivity index (χ2v) is 5.18. The second kappa shape index (κ2) is 4.46. The van der Waals surface area contributed by atoms with Gasteiger partial charge in [-0.25, -0.2) is 0 Å². The molecule has 1 heterocycles. The lowest BCUT2D eigenvalue weighted by atomic mass is 9.78. The lowest BCUT2D eigenvalue weighted by Crippen LogP contribution is -2.20. The average Bonchev–Trinajstić information content (AvgIpc) is 2.59. The SMILES string of the molecule is CCOc1cccc(C2CNCC2(C)C)c1. The fourth-order valence-corrected chi connectivity index (χ4v) is 2.49. The van der Waals surface area contributed by atoms with Crippen molar-refractivity contribution in [2.24, 2.45) is 5.41 Å². The summed E-state index contributed by atoms with van der Waals surface area (Å²) in [4.78, 5) is 0. The molecule has 0 amide bonds. The summed E-state index contributed by atoms with van der Waals surface area (Å²) in [5.74, 6) is 1.58. The van der Waals surface area contributed by atoms with E-state index in [1.54, 1.807) is 0 Å². The Kier molecular flexibility index (Phi) is 3.20. The summed E-state index contributed by atoms with van der Waals surface area (Å²) in [5.41, 5.74) is 1.73. The van der Waals surface area contributed by atoms with Crippen LogP contribution in [0.2, 0.25) is 0 Å². The Hall–Kier alpha value is -1.02. The lowest BCUT2D eigenvalue weighted by molar-refractivity contribution is 0.336. The fourth-order valence-electron chi connectivity index (χ4n) is 2.49. The van der Waals surface area contributed by atoms with E-state index in [-0.39, 0.29) is 0 Å². The van der Waals surface area contributed by atoms with Gasteiger partial charge in [0.25, 0.3) is 0 Å². The Labute approximate surface area is 98.0 Å². The van der Waals surface area contributed by atoms with Crippen LogP contribution in [0.5, 0.6) is 5.75 Å². The summed E-state index contributed by atoms with van der Waals surface area (Å²) in [5, 5.41) is 3.47. The number of rotatable bonds is 3. The zero-order chi connectivity index (χ0) is 11.6. The van der Waals surface area contributed by atoms with Crippen molar-refractivity contribution < 1.29 is 4.74 Å². The smallest absolute Gasteiger partial charge is 0.119 e. The number of hydrogen-bond donors (Lipinski definition) is 1. The van der Waals surface area contributed by atoms with E-state index < -0.39 is 0 Å². The Morgan fingerprint density at radius 1 is 1.44 bits per heavy atom. The maximum Gasteiger partial charge on any atom is 0.119 e. The van der Waals surface area contributed by atoms with E-state index in [1.807, 2.05) is 13.0 Å². The molecular weight excluding hydrogens is 198 g/mol. The molecule has 0 bridgehead atoms. The standard InChI is InChI=1S/C14H21NO/c1-4-16-12-7-5-6-11(8-12)13-9-15-10-14(13,2)3/h5-8,13,15H,4,9-10H2,1-3H3. The van der Waals surface area contributed by atoms with Crippen LogP contribution in [0.1, 0.15) is 32.3 Å². The van der Waals surface area contributed by atoms with Gasteiger partial charge in [-0.2, -0.15) is 0 Å². The van der Waals surface area contributed by atoms with Gasteiger partial charge in [0, 0.05) is 19.0 Å². The molecule has 1 fully saturated rings. The van der Waals surface area contributed by atoms with Crippen LogP contribution in [0.3, 0.4) is 0 Å². The fraction of sp³-hybridized carbons (Fsp3) is 0.571. The van der Waals surface area contributed by atoms with Crippen molar-refractivity contribution in [3.05, 3.63) is 29.8 Å². The molecule has 2 rings (SSSR count). The minimum atomic E-state index is 0.338. The summed E-state index contributed by atoms with van der Waals surface area (Å²) >= 11 is 0. The largest absolute Gasteiger partial charge is 0.494 e. The quantitative estimate of drug-likeness (QED) is 0.844. The van der Waals surface area contributed by atoms with E-state index in [0.29, 0.717) is 11.3 Å². The first-order valence-corrected chi connectivity index (χ1v) is 6.07. The van der Waals surface area contributed by atoms with Crippen molar-refractivity contribution in [1.82, 2.24) is 5.32 Å². The maximum atomic E-state index is 5.55. The molecule has 1 aliphatic rings. The van der Waals surface area contributed by atoms with E-state index in [1.165, 1.54) is 5.56 Å². The van der Waals surface area contributed by atoms with Crippen molar-refractivity contribution in [3.63, 3.8) is 0 Å². The van der Waals surface area contributed by atoms with Crippen LogP contribution in [-0.4, -0.2) is 19.7 Å². The zero-order valence-corrected chi connectivity index (χ0v) is 10.4. The minimum Gasteiger partial charge on any atom is -0.494 e.